The Balaban J connectivity index is 1.05. The lowest BCUT2D eigenvalue weighted by Gasteiger charge is -2.36. The van der Waals surface area contributed by atoms with Crippen LogP contribution in [0.4, 0.5) is 39.3 Å². The van der Waals surface area contributed by atoms with Gasteiger partial charge in [-0.15, -0.1) is 0 Å². The first kappa shape index (κ1) is 37.7. The van der Waals surface area contributed by atoms with E-state index in [2.05, 4.69) is 55.9 Å². The summed E-state index contributed by atoms with van der Waals surface area (Å²) in [6.07, 6.45) is 2.64. The first-order chi connectivity index (χ1) is 27.2. The Morgan fingerprint density at radius 1 is 1.00 bits per heavy atom. The predicted molar refractivity (Wildman–Crippen MR) is 206 cm³/mol. The molecule has 4 aromatic rings. The van der Waals surface area contributed by atoms with Crippen molar-refractivity contribution in [3.05, 3.63) is 113 Å². The topological polar surface area (TPSA) is 186 Å². The van der Waals surface area contributed by atoms with Gasteiger partial charge in [-0.2, -0.15) is 25.2 Å². The zero-order valence-corrected chi connectivity index (χ0v) is 30.5. The van der Waals surface area contributed by atoms with Crippen LogP contribution in [0, 0.1) is 18.3 Å². The number of halogens is 1. The highest BCUT2D eigenvalue weighted by atomic mass is 19.1. The van der Waals surface area contributed by atoms with Crippen molar-refractivity contribution in [2.24, 2.45) is 21.1 Å². The fraction of sp³-hybridized carbons (Fsp3) is 0.308. The normalized spacial score (nSPS) is 18.0. The molecule has 0 saturated carbocycles. The summed E-state index contributed by atoms with van der Waals surface area (Å²) in [4.78, 5) is 51.7. The van der Waals surface area contributed by atoms with Gasteiger partial charge in [0.2, 0.25) is 23.8 Å². The van der Waals surface area contributed by atoms with Crippen LogP contribution in [0.3, 0.4) is 0 Å². The molecule has 16 nitrogen and oxygen atoms in total. The third kappa shape index (κ3) is 9.35. The molecule has 1 amide bonds. The molecule has 0 radical (unpaired) electrons. The number of fused-ring (bicyclic) bond motifs is 1. The summed E-state index contributed by atoms with van der Waals surface area (Å²) >= 11 is 0. The number of aliphatic hydroxyl groups is 1. The van der Waals surface area contributed by atoms with Crippen LogP contribution in [0.2, 0.25) is 0 Å². The molecule has 56 heavy (non-hydrogen) atoms. The smallest absolute Gasteiger partial charge is 0.328 e. The summed E-state index contributed by atoms with van der Waals surface area (Å²) in [5, 5.41) is 27.0. The van der Waals surface area contributed by atoms with Gasteiger partial charge in [-0.1, -0.05) is 42.5 Å². The van der Waals surface area contributed by atoms with Gasteiger partial charge in [0, 0.05) is 63.2 Å². The van der Waals surface area contributed by atoms with Crippen molar-refractivity contribution in [2.75, 3.05) is 55.8 Å². The minimum Gasteiger partial charge on any atom is -0.467 e. The van der Waals surface area contributed by atoms with Crippen LogP contribution in [-0.2, 0) is 33.7 Å². The first-order valence-corrected chi connectivity index (χ1v) is 18.0. The lowest BCUT2D eigenvalue weighted by molar-refractivity contribution is -0.141. The number of azo groups is 1. The maximum Gasteiger partial charge on any atom is 0.328 e. The average Bonchev–Trinajstić information content (AvgIpc) is 3.62. The van der Waals surface area contributed by atoms with Crippen LogP contribution >= 0.6 is 0 Å². The molecule has 3 aliphatic heterocycles. The SMILES string of the molecule is [C-]#[N+]c1ccc(C[C@H](Nc2nc(NCC3=Nc4cc(F)ccc4C3)nc(Nc3cccc(CN4CCN(C(=O)C5C=CN=NC5O)CC4)c3)n2)C(=O)OC)cc1. The van der Waals surface area contributed by atoms with Crippen LogP contribution in [-0.4, -0.2) is 99.5 Å². The molecule has 0 aliphatic carbocycles. The number of piperazine rings is 1. The molecule has 1 fully saturated rings. The number of nitrogens with one attached hydrogen (secondary N) is 3. The van der Waals surface area contributed by atoms with E-state index in [1.165, 1.54) is 25.4 Å². The number of rotatable bonds is 13. The molecule has 3 aliphatic rings. The van der Waals surface area contributed by atoms with Crippen molar-refractivity contribution in [1.82, 2.24) is 24.8 Å². The number of nitrogens with zero attached hydrogens (tertiary/aromatic N) is 9. The van der Waals surface area contributed by atoms with Crippen LogP contribution in [0.25, 0.3) is 4.85 Å². The number of esters is 1. The number of aliphatic imine (C=N–C) groups is 1. The number of aromatic nitrogens is 3. The molecule has 1 aromatic heterocycles. The second kappa shape index (κ2) is 17.2. The van der Waals surface area contributed by atoms with E-state index in [0.29, 0.717) is 56.2 Å². The summed E-state index contributed by atoms with van der Waals surface area (Å²) < 4.78 is 18.9. The van der Waals surface area contributed by atoms with E-state index in [4.69, 9.17) is 11.3 Å². The molecule has 3 atom stereocenters. The van der Waals surface area contributed by atoms with Gasteiger partial charge in [-0.05, 0) is 47.0 Å². The standard InChI is InChI=1S/C39H39FN12O4/c1-41-28-10-6-24(7-11-28)19-33(36(55)56-2)46-39-48-37(42-22-30-20-26-8-9-27(40)21-32(26)44-30)47-38(49-39)45-29-5-3-4-25(18-29)23-51-14-16-52(17-15-51)35(54)31-12-13-43-50-34(31)53/h3-13,18,21,31,33-34,53H,14-17,19-20,22-23H2,2H3,(H3,42,45,46,47,48,49)/t31?,33-,34?/m0/s1. The van der Waals surface area contributed by atoms with Crippen LogP contribution in [0.1, 0.15) is 16.7 Å². The number of amides is 1. The molecule has 3 aromatic carbocycles. The van der Waals surface area contributed by atoms with E-state index < -0.39 is 24.2 Å². The van der Waals surface area contributed by atoms with Crippen molar-refractivity contribution in [1.29, 1.82) is 0 Å². The lowest BCUT2D eigenvalue weighted by Crippen LogP contribution is -2.51. The maximum atomic E-state index is 13.8. The third-order valence-corrected chi connectivity index (χ3v) is 9.53. The van der Waals surface area contributed by atoms with Crippen molar-refractivity contribution in [3.8, 4) is 0 Å². The van der Waals surface area contributed by atoms with Gasteiger partial charge in [0.1, 0.15) is 17.8 Å². The average molecular weight is 759 g/mol. The van der Waals surface area contributed by atoms with E-state index in [0.717, 1.165) is 22.4 Å². The fourth-order valence-corrected chi connectivity index (χ4v) is 6.60. The highest BCUT2D eigenvalue weighted by Gasteiger charge is 2.32. The number of hydrogen-bond donors (Lipinski definition) is 4. The Kier molecular flexibility index (Phi) is 11.6. The zero-order valence-electron chi connectivity index (χ0n) is 30.5. The second-order valence-electron chi connectivity index (χ2n) is 13.4. The molecule has 4 N–H and O–H groups in total. The van der Waals surface area contributed by atoms with Crippen molar-refractivity contribution < 1.29 is 23.8 Å². The Morgan fingerprint density at radius 2 is 1.79 bits per heavy atom. The molecular weight excluding hydrogens is 720 g/mol. The highest BCUT2D eigenvalue weighted by Crippen LogP contribution is 2.28. The van der Waals surface area contributed by atoms with Gasteiger partial charge in [0.25, 0.3) is 0 Å². The van der Waals surface area contributed by atoms with Crippen LogP contribution < -0.4 is 16.0 Å². The minimum atomic E-state index is -1.17. The molecule has 7 rings (SSSR count). The highest BCUT2D eigenvalue weighted by molar-refractivity contribution is 5.96. The molecule has 1 saturated heterocycles. The summed E-state index contributed by atoms with van der Waals surface area (Å²) in [7, 11) is 1.30. The second-order valence-corrected chi connectivity index (χ2v) is 13.4. The van der Waals surface area contributed by atoms with Gasteiger partial charge in [-0.25, -0.2) is 14.0 Å². The van der Waals surface area contributed by atoms with Gasteiger partial charge in [0.15, 0.2) is 11.9 Å². The number of aliphatic hydroxyl groups excluding tert-OH is 1. The maximum absolute atomic E-state index is 13.8. The van der Waals surface area contributed by atoms with E-state index >= 15 is 0 Å². The number of anilines is 4. The number of carbonyl (C=O) groups excluding carboxylic acids is 2. The zero-order chi connectivity index (χ0) is 39.0. The first-order valence-electron chi connectivity index (χ1n) is 18.0. The van der Waals surface area contributed by atoms with Gasteiger partial charge in [0.05, 0.1) is 25.9 Å². The van der Waals surface area contributed by atoms with Crippen LogP contribution in [0.5, 0.6) is 0 Å². The summed E-state index contributed by atoms with van der Waals surface area (Å²) in [5.74, 6) is -1.24. The number of ether oxygens (including phenoxy) is 1. The fourth-order valence-electron chi connectivity index (χ4n) is 6.60. The van der Waals surface area contributed by atoms with E-state index in [-0.39, 0.29) is 42.5 Å². The monoisotopic (exact) mass is 758 g/mol. The third-order valence-electron chi connectivity index (χ3n) is 9.53. The molecule has 286 valence electrons. The molecule has 17 heteroatoms. The molecule has 0 bridgehead atoms. The summed E-state index contributed by atoms with van der Waals surface area (Å²) in [5.41, 5.74) is 5.32. The van der Waals surface area contributed by atoms with Crippen molar-refractivity contribution in [2.45, 2.75) is 31.7 Å². The van der Waals surface area contributed by atoms with Gasteiger partial charge >= 0.3 is 5.97 Å². The Hall–Kier alpha value is -6.64. The molecule has 4 heterocycles. The number of carbonyl (C=O) groups is 2. The number of methoxy groups -OCH3 is 1. The molecular formula is C39H39FN12O4. The Bertz CT molecular complexity index is 2220. The summed E-state index contributed by atoms with van der Waals surface area (Å²) in [6.45, 7) is 10.5. The van der Waals surface area contributed by atoms with Gasteiger partial charge < -0.3 is 30.7 Å². The molecule has 0 spiro atoms. The van der Waals surface area contributed by atoms with E-state index in [9.17, 15) is 19.1 Å². The number of benzene rings is 3. The van der Waals surface area contributed by atoms with Crippen molar-refractivity contribution >= 4 is 52.5 Å². The minimum absolute atomic E-state index is 0.111. The quantitative estimate of drug-likeness (QED) is 0.108. The van der Waals surface area contributed by atoms with Gasteiger partial charge in [-0.3, -0.25) is 14.7 Å². The Morgan fingerprint density at radius 3 is 2.55 bits per heavy atom. The lowest BCUT2D eigenvalue weighted by atomic mass is 10.0. The predicted octanol–water partition coefficient (Wildman–Crippen LogP) is 4.80. The molecule has 2 unspecified atom stereocenters. The van der Waals surface area contributed by atoms with E-state index in [1.807, 2.05) is 24.3 Å². The number of hydrogen-bond acceptors (Lipinski definition) is 14. The largest absolute Gasteiger partial charge is 0.467 e. The van der Waals surface area contributed by atoms with Crippen LogP contribution in [0.15, 0.2) is 94.2 Å². The Labute approximate surface area is 322 Å². The van der Waals surface area contributed by atoms with Crippen molar-refractivity contribution in [3.63, 3.8) is 0 Å². The summed E-state index contributed by atoms with van der Waals surface area (Å²) in [6, 6.07) is 18.4. The van der Waals surface area contributed by atoms with E-state index in [1.54, 1.807) is 41.3 Å².